The van der Waals surface area contributed by atoms with Crippen molar-refractivity contribution < 1.29 is 13.0 Å². The zero-order valence-electron chi connectivity index (χ0n) is 6.58. The van der Waals surface area contributed by atoms with Crippen molar-refractivity contribution in [2.45, 2.75) is 0 Å². The van der Waals surface area contributed by atoms with Crippen LogP contribution in [0.2, 0.25) is 0 Å². The van der Waals surface area contributed by atoms with Gasteiger partial charge in [-0.3, -0.25) is 9.98 Å². The summed E-state index contributed by atoms with van der Waals surface area (Å²) < 4.78 is 28.7. The third kappa shape index (κ3) is 4.24. The van der Waals surface area contributed by atoms with Gasteiger partial charge in [0.25, 0.3) is 0 Å². The van der Waals surface area contributed by atoms with Gasteiger partial charge in [-0.2, -0.15) is 13.5 Å². The Morgan fingerprint density at radius 3 is 2.46 bits per heavy atom. The van der Waals surface area contributed by atoms with E-state index in [9.17, 15) is 8.42 Å². The summed E-state index contributed by atoms with van der Waals surface area (Å²) in [6.45, 7) is 0. The summed E-state index contributed by atoms with van der Waals surface area (Å²) in [5, 5.41) is 3.30. The first-order chi connectivity index (χ1) is 6.08. The van der Waals surface area contributed by atoms with Crippen LogP contribution in [0.3, 0.4) is 0 Å². The van der Waals surface area contributed by atoms with Crippen molar-refractivity contribution in [2.24, 2.45) is 5.10 Å². The van der Waals surface area contributed by atoms with E-state index in [1.165, 1.54) is 0 Å². The summed E-state index contributed by atoms with van der Waals surface area (Å²) >= 11 is 0. The van der Waals surface area contributed by atoms with Gasteiger partial charge in [0.05, 0.1) is 5.69 Å². The monoisotopic (exact) mass is 200 g/mol. The lowest BCUT2D eigenvalue weighted by molar-refractivity contribution is 0.499. The molecule has 0 spiro atoms. The van der Waals surface area contributed by atoms with Crippen LogP contribution >= 0.6 is 0 Å². The Kier molecular flexibility index (Phi) is 2.99. The molecule has 0 aromatic heterocycles. The molecule has 0 aliphatic heterocycles. The van der Waals surface area contributed by atoms with Crippen molar-refractivity contribution in [1.82, 2.24) is 0 Å². The molecule has 0 fully saturated rings. The Balaban J connectivity index is 2.59. The van der Waals surface area contributed by atoms with Gasteiger partial charge in [0, 0.05) is 0 Å². The van der Waals surface area contributed by atoms with E-state index in [-0.39, 0.29) is 0 Å². The number of hydrazone groups is 1. The van der Waals surface area contributed by atoms with Crippen LogP contribution in [0.15, 0.2) is 35.4 Å². The van der Waals surface area contributed by atoms with Gasteiger partial charge in [0.15, 0.2) is 5.55 Å². The van der Waals surface area contributed by atoms with E-state index < -0.39 is 10.1 Å². The molecule has 0 heterocycles. The number of benzene rings is 1. The number of nitrogens with zero attached hydrogens (tertiary/aromatic N) is 1. The SMILES string of the molecule is O=S(=O)(O)/C=N/Nc1ccccc1. The fourth-order valence-corrected chi connectivity index (χ4v) is 0.866. The molecule has 0 bridgehead atoms. The number of anilines is 1. The third-order valence-corrected chi connectivity index (χ3v) is 1.53. The molecule has 5 nitrogen and oxygen atoms in total. The average Bonchev–Trinajstić information content (AvgIpc) is 2.04. The zero-order valence-corrected chi connectivity index (χ0v) is 7.40. The van der Waals surface area contributed by atoms with Crippen molar-refractivity contribution in [1.29, 1.82) is 0 Å². The molecular formula is C7H8N2O3S. The molecule has 0 saturated heterocycles. The molecule has 2 N–H and O–H groups in total. The van der Waals surface area contributed by atoms with Crippen molar-refractivity contribution in [2.75, 3.05) is 5.43 Å². The first-order valence-corrected chi connectivity index (χ1v) is 4.90. The molecule has 0 aliphatic rings. The second kappa shape index (κ2) is 4.01. The smallest absolute Gasteiger partial charge is 0.281 e. The number of hydrogen-bond donors (Lipinski definition) is 2. The normalized spacial score (nSPS) is 11.8. The minimum absolute atomic E-state index is 0.431. The Morgan fingerprint density at radius 1 is 1.31 bits per heavy atom. The highest BCUT2D eigenvalue weighted by Gasteiger charge is 1.95. The fourth-order valence-electron chi connectivity index (χ4n) is 0.680. The molecule has 0 aliphatic carbocycles. The largest absolute Gasteiger partial charge is 0.306 e. The summed E-state index contributed by atoms with van der Waals surface area (Å²) in [5.74, 6) is 0. The molecular weight excluding hydrogens is 192 g/mol. The number of para-hydroxylation sites is 1. The summed E-state index contributed by atoms with van der Waals surface area (Å²) in [4.78, 5) is 0. The molecule has 1 aromatic rings. The molecule has 0 atom stereocenters. The summed E-state index contributed by atoms with van der Waals surface area (Å²) in [7, 11) is -4.15. The van der Waals surface area contributed by atoms with Crippen LogP contribution in [0.1, 0.15) is 0 Å². The van der Waals surface area contributed by atoms with Gasteiger partial charge in [0.2, 0.25) is 0 Å². The lowest BCUT2D eigenvalue weighted by Gasteiger charge is -1.96. The molecule has 1 aromatic carbocycles. The molecule has 0 radical (unpaired) electrons. The second-order valence-corrected chi connectivity index (χ2v) is 3.47. The van der Waals surface area contributed by atoms with E-state index in [1.807, 2.05) is 6.07 Å². The van der Waals surface area contributed by atoms with Crippen molar-refractivity contribution in [3.63, 3.8) is 0 Å². The molecule has 6 heteroatoms. The lowest BCUT2D eigenvalue weighted by Crippen LogP contribution is -1.99. The maximum Gasteiger partial charge on any atom is 0.306 e. The summed E-state index contributed by atoms with van der Waals surface area (Å²) in [6.07, 6.45) is 0. The quantitative estimate of drug-likeness (QED) is 0.329. The molecule has 0 saturated carbocycles. The molecule has 70 valence electrons. The van der Waals surface area contributed by atoms with Crippen molar-refractivity contribution >= 4 is 21.4 Å². The maximum atomic E-state index is 10.2. The van der Waals surface area contributed by atoms with Gasteiger partial charge in [-0.1, -0.05) is 18.2 Å². The van der Waals surface area contributed by atoms with Crippen LogP contribution in [-0.2, 0) is 10.1 Å². The van der Waals surface area contributed by atoms with Crippen LogP contribution in [0.4, 0.5) is 5.69 Å². The average molecular weight is 200 g/mol. The Bertz CT molecular complexity index is 385. The Hall–Kier alpha value is -1.40. The van der Waals surface area contributed by atoms with Crippen molar-refractivity contribution in [3.8, 4) is 0 Å². The van der Waals surface area contributed by atoms with Crippen LogP contribution in [0.25, 0.3) is 0 Å². The third-order valence-electron chi connectivity index (χ3n) is 1.15. The number of hydrogen-bond acceptors (Lipinski definition) is 4. The number of nitrogens with one attached hydrogen (secondary N) is 1. The highest BCUT2D eigenvalue weighted by atomic mass is 32.2. The predicted octanol–water partition coefficient (Wildman–Crippen LogP) is 0.930. The number of rotatable bonds is 3. The minimum Gasteiger partial charge on any atom is -0.281 e. The van der Waals surface area contributed by atoms with Gasteiger partial charge in [-0.25, -0.2) is 0 Å². The van der Waals surface area contributed by atoms with Crippen LogP contribution in [-0.4, -0.2) is 18.5 Å². The Morgan fingerprint density at radius 2 is 1.92 bits per heavy atom. The minimum atomic E-state index is -4.15. The highest BCUT2D eigenvalue weighted by Crippen LogP contribution is 2.03. The summed E-state index contributed by atoms with van der Waals surface area (Å²) in [6, 6.07) is 8.77. The second-order valence-electron chi connectivity index (χ2n) is 2.23. The van der Waals surface area contributed by atoms with Crippen LogP contribution in [0.5, 0.6) is 0 Å². The highest BCUT2D eigenvalue weighted by molar-refractivity contribution is 7.99. The molecule has 1 rings (SSSR count). The van der Waals surface area contributed by atoms with Gasteiger partial charge in [-0.15, -0.1) is 0 Å². The van der Waals surface area contributed by atoms with E-state index in [1.54, 1.807) is 24.3 Å². The fraction of sp³-hybridized carbons (Fsp3) is 0. The molecule has 0 unspecified atom stereocenters. The maximum absolute atomic E-state index is 10.2. The topological polar surface area (TPSA) is 78.8 Å². The first kappa shape index (κ1) is 9.69. The van der Waals surface area contributed by atoms with Gasteiger partial charge in [0.1, 0.15) is 0 Å². The standard InChI is InChI=1S/C7H8N2O3S/c10-13(11,12)6-8-9-7-4-2-1-3-5-7/h1-6,9H,(H,10,11,12)/b8-6+. The van der Waals surface area contributed by atoms with Gasteiger partial charge in [-0.05, 0) is 12.1 Å². The lowest BCUT2D eigenvalue weighted by atomic mass is 10.3. The first-order valence-electron chi connectivity index (χ1n) is 3.39. The van der Waals surface area contributed by atoms with E-state index >= 15 is 0 Å². The van der Waals surface area contributed by atoms with E-state index in [0.717, 1.165) is 0 Å². The van der Waals surface area contributed by atoms with E-state index in [2.05, 4.69) is 10.5 Å². The van der Waals surface area contributed by atoms with Crippen molar-refractivity contribution in [3.05, 3.63) is 30.3 Å². The zero-order chi connectivity index (χ0) is 9.73. The Labute approximate surface area is 75.8 Å². The molecule has 13 heavy (non-hydrogen) atoms. The summed E-state index contributed by atoms with van der Waals surface area (Å²) in [5.41, 5.74) is 3.50. The van der Waals surface area contributed by atoms with Crippen LogP contribution in [0, 0.1) is 0 Å². The molecule has 0 amide bonds. The van der Waals surface area contributed by atoms with Crippen LogP contribution < -0.4 is 5.43 Å². The van der Waals surface area contributed by atoms with Gasteiger partial charge >= 0.3 is 10.1 Å². The van der Waals surface area contributed by atoms with E-state index in [4.69, 9.17) is 4.55 Å². The predicted molar refractivity (Wildman–Crippen MR) is 50.1 cm³/mol. The van der Waals surface area contributed by atoms with E-state index in [0.29, 0.717) is 11.2 Å². The van der Waals surface area contributed by atoms with Gasteiger partial charge < -0.3 is 0 Å².